The Morgan fingerprint density at radius 3 is 2.84 bits per heavy atom. The van der Waals surface area contributed by atoms with Crippen LogP contribution in [0.4, 0.5) is 16.3 Å². The van der Waals surface area contributed by atoms with E-state index in [1.54, 1.807) is 24.4 Å². The molecule has 6 nitrogen and oxygen atoms in total. The van der Waals surface area contributed by atoms with E-state index in [4.69, 9.17) is 10.8 Å². The fourth-order valence-electron chi connectivity index (χ4n) is 1.34. The lowest BCUT2D eigenvalue weighted by Gasteiger charge is -1.99. The molecule has 2 aromatic rings. The predicted molar refractivity (Wildman–Crippen MR) is 70.5 cm³/mol. The largest absolute Gasteiger partial charge is 0.465 e. The molecule has 0 aliphatic carbocycles. The van der Waals surface area contributed by atoms with E-state index in [1.807, 2.05) is 0 Å². The van der Waals surface area contributed by atoms with Gasteiger partial charge in [0, 0.05) is 18.0 Å². The second-order valence-corrected chi connectivity index (χ2v) is 3.55. The maximum absolute atomic E-state index is 10.5. The summed E-state index contributed by atoms with van der Waals surface area (Å²) in [6.07, 6.45) is 1.90. The molecule has 0 radical (unpaired) electrons. The highest BCUT2D eigenvalue weighted by Crippen LogP contribution is 2.07. The Labute approximate surface area is 109 Å². The third-order valence-corrected chi connectivity index (χ3v) is 2.16. The van der Waals surface area contributed by atoms with Gasteiger partial charge in [-0.2, -0.15) is 0 Å². The van der Waals surface area contributed by atoms with Crippen LogP contribution in [0.3, 0.4) is 0 Å². The lowest BCUT2D eigenvalue weighted by atomic mass is 10.2. The number of nitrogens with zero attached hydrogens (tertiary/aromatic N) is 2. The first kappa shape index (κ1) is 12.4. The summed E-state index contributed by atoms with van der Waals surface area (Å²) in [4.78, 5) is 18.4. The molecule has 19 heavy (non-hydrogen) atoms. The van der Waals surface area contributed by atoms with Gasteiger partial charge in [-0.15, -0.1) is 0 Å². The fraction of sp³-hybridized carbons (Fsp3) is 0. The summed E-state index contributed by atoms with van der Waals surface area (Å²) in [7, 11) is 0. The van der Waals surface area contributed by atoms with E-state index in [1.165, 1.54) is 12.3 Å². The number of nitrogens with two attached hydrogens (primary N) is 1. The quantitative estimate of drug-likeness (QED) is 0.670. The molecule has 2 rings (SSSR count). The van der Waals surface area contributed by atoms with Gasteiger partial charge in [-0.1, -0.05) is 5.92 Å². The van der Waals surface area contributed by atoms with Crippen LogP contribution in [0.15, 0.2) is 36.7 Å². The van der Waals surface area contributed by atoms with Crippen LogP contribution >= 0.6 is 0 Å². The van der Waals surface area contributed by atoms with Crippen LogP contribution in [-0.2, 0) is 0 Å². The van der Waals surface area contributed by atoms with Crippen LogP contribution < -0.4 is 11.1 Å². The molecular weight excluding hydrogens is 244 g/mol. The number of aromatic nitrogens is 2. The lowest BCUT2D eigenvalue weighted by molar-refractivity contribution is 0.209. The zero-order valence-corrected chi connectivity index (χ0v) is 9.79. The van der Waals surface area contributed by atoms with Gasteiger partial charge < -0.3 is 10.8 Å². The topological polar surface area (TPSA) is 101 Å². The highest BCUT2D eigenvalue weighted by atomic mass is 16.4. The third-order valence-electron chi connectivity index (χ3n) is 2.16. The fourth-order valence-corrected chi connectivity index (χ4v) is 1.34. The molecule has 2 heterocycles. The number of hydrogen-bond donors (Lipinski definition) is 3. The monoisotopic (exact) mass is 254 g/mol. The van der Waals surface area contributed by atoms with E-state index in [-0.39, 0.29) is 5.82 Å². The molecule has 0 aliphatic rings. The minimum atomic E-state index is -1.17. The number of carboxylic acid groups (broad SMARTS) is 1. The van der Waals surface area contributed by atoms with Crippen LogP contribution in [0, 0.1) is 11.8 Å². The molecule has 0 saturated carbocycles. The highest BCUT2D eigenvalue weighted by Gasteiger charge is 1.99. The number of anilines is 2. The summed E-state index contributed by atoms with van der Waals surface area (Å²) in [6.45, 7) is 0. The Morgan fingerprint density at radius 2 is 2.11 bits per heavy atom. The molecule has 0 atom stereocenters. The van der Waals surface area contributed by atoms with Crippen molar-refractivity contribution in [3.63, 3.8) is 0 Å². The third kappa shape index (κ3) is 3.44. The Morgan fingerprint density at radius 1 is 1.26 bits per heavy atom. The van der Waals surface area contributed by atoms with Gasteiger partial charge >= 0.3 is 6.09 Å². The maximum Gasteiger partial charge on any atom is 0.410 e. The summed E-state index contributed by atoms with van der Waals surface area (Å²) < 4.78 is 0. The molecule has 0 spiro atoms. The van der Waals surface area contributed by atoms with Crippen molar-refractivity contribution in [3.8, 4) is 11.8 Å². The Balaban J connectivity index is 2.25. The SMILES string of the molecule is Nc1cccnc1C#Cc1ccnc(NC(=O)O)c1. The summed E-state index contributed by atoms with van der Waals surface area (Å²) in [6, 6.07) is 6.63. The van der Waals surface area contributed by atoms with Gasteiger partial charge in [-0.25, -0.2) is 14.8 Å². The van der Waals surface area contributed by atoms with Gasteiger partial charge in [0.2, 0.25) is 0 Å². The number of rotatable bonds is 1. The van der Waals surface area contributed by atoms with E-state index in [0.29, 0.717) is 16.9 Å². The molecule has 0 unspecified atom stereocenters. The Bertz CT molecular complexity index is 674. The number of hydrogen-bond acceptors (Lipinski definition) is 4. The number of carbonyl (C=O) groups is 1. The Hall–Kier alpha value is -3.07. The average Bonchev–Trinajstić information content (AvgIpc) is 2.37. The zero-order valence-electron chi connectivity index (χ0n) is 9.79. The molecule has 6 heteroatoms. The van der Waals surface area contributed by atoms with E-state index >= 15 is 0 Å². The minimum Gasteiger partial charge on any atom is -0.465 e. The van der Waals surface area contributed by atoms with Gasteiger partial charge in [0.1, 0.15) is 11.5 Å². The first-order valence-electron chi connectivity index (χ1n) is 5.33. The summed E-state index contributed by atoms with van der Waals surface area (Å²) in [5.74, 6) is 5.89. The zero-order chi connectivity index (χ0) is 13.7. The van der Waals surface area contributed by atoms with Crippen molar-refractivity contribution in [1.29, 1.82) is 0 Å². The first-order chi connectivity index (χ1) is 9.15. The number of pyridine rings is 2. The van der Waals surface area contributed by atoms with Gasteiger partial charge in [0.05, 0.1) is 5.69 Å². The van der Waals surface area contributed by atoms with E-state index in [0.717, 1.165) is 0 Å². The predicted octanol–water partition coefficient (Wildman–Crippen LogP) is 1.55. The number of nitrogen functional groups attached to an aromatic ring is 1. The molecule has 94 valence electrons. The second kappa shape index (κ2) is 5.51. The van der Waals surface area contributed by atoms with Crippen LogP contribution in [0.1, 0.15) is 11.3 Å². The smallest absolute Gasteiger partial charge is 0.410 e. The van der Waals surface area contributed by atoms with Crippen molar-refractivity contribution in [1.82, 2.24) is 9.97 Å². The van der Waals surface area contributed by atoms with Crippen molar-refractivity contribution in [2.24, 2.45) is 0 Å². The number of amides is 1. The highest BCUT2D eigenvalue weighted by molar-refractivity contribution is 5.81. The summed E-state index contributed by atoms with van der Waals surface area (Å²) >= 11 is 0. The molecule has 0 aliphatic heterocycles. The van der Waals surface area contributed by atoms with Crippen LogP contribution in [-0.4, -0.2) is 21.2 Å². The van der Waals surface area contributed by atoms with Gasteiger partial charge in [0.15, 0.2) is 0 Å². The Kier molecular flexibility index (Phi) is 3.59. The van der Waals surface area contributed by atoms with Gasteiger partial charge in [-0.3, -0.25) is 5.32 Å². The lowest BCUT2D eigenvalue weighted by Crippen LogP contribution is -2.08. The van der Waals surface area contributed by atoms with E-state index in [9.17, 15) is 4.79 Å². The van der Waals surface area contributed by atoms with Crippen molar-refractivity contribution in [3.05, 3.63) is 47.9 Å². The van der Waals surface area contributed by atoms with Gasteiger partial charge in [-0.05, 0) is 30.2 Å². The van der Waals surface area contributed by atoms with Gasteiger partial charge in [0.25, 0.3) is 0 Å². The van der Waals surface area contributed by atoms with Crippen LogP contribution in [0.2, 0.25) is 0 Å². The first-order valence-corrected chi connectivity index (χ1v) is 5.33. The average molecular weight is 254 g/mol. The minimum absolute atomic E-state index is 0.216. The summed E-state index contributed by atoms with van der Waals surface area (Å²) in [5, 5.41) is 10.7. The normalized spacial score (nSPS) is 9.26. The molecule has 2 aromatic heterocycles. The van der Waals surface area contributed by atoms with Crippen LogP contribution in [0.25, 0.3) is 0 Å². The molecule has 0 bridgehead atoms. The van der Waals surface area contributed by atoms with Crippen molar-refractivity contribution >= 4 is 17.6 Å². The van der Waals surface area contributed by atoms with Crippen molar-refractivity contribution in [2.45, 2.75) is 0 Å². The van der Waals surface area contributed by atoms with E-state index < -0.39 is 6.09 Å². The number of nitrogens with one attached hydrogen (secondary N) is 1. The molecule has 0 fully saturated rings. The molecule has 4 N–H and O–H groups in total. The molecule has 0 saturated heterocycles. The standard InChI is InChI=1S/C13H10N4O2/c14-10-2-1-6-15-11(10)4-3-9-5-7-16-12(8-9)17-13(18)19/h1-2,5-8H,14H2,(H,16,17)(H,18,19). The maximum atomic E-state index is 10.5. The van der Waals surface area contributed by atoms with Crippen molar-refractivity contribution in [2.75, 3.05) is 11.1 Å². The molecule has 1 amide bonds. The molecular formula is C13H10N4O2. The summed E-state index contributed by atoms with van der Waals surface area (Å²) in [5.41, 5.74) is 7.30. The second-order valence-electron chi connectivity index (χ2n) is 3.55. The van der Waals surface area contributed by atoms with E-state index in [2.05, 4.69) is 27.1 Å². The molecule has 0 aromatic carbocycles. The van der Waals surface area contributed by atoms with Crippen LogP contribution in [0.5, 0.6) is 0 Å². The van der Waals surface area contributed by atoms with Crippen molar-refractivity contribution < 1.29 is 9.90 Å².